The van der Waals surface area contributed by atoms with E-state index in [1.807, 2.05) is 13.0 Å². The van der Waals surface area contributed by atoms with Crippen molar-refractivity contribution in [2.24, 2.45) is 0 Å². The monoisotopic (exact) mass is 235 g/mol. The second-order valence-corrected chi connectivity index (χ2v) is 3.88. The molecule has 0 saturated heterocycles. The average molecular weight is 235 g/mol. The second kappa shape index (κ2) is 6.03. The first-order valence-corrected chi connectivity index (χ1v) is 5.61. The van der Waals surface area contributed by atoms with Gasteiger partial charge in [-0.05, 0) is 18.1 Å². The van der Waals surface area contributed by atoms with Crippen LogP contribution < -0.4 is 0 Å². The predicted octanol–water partition coefficient (Wildman–Crippen LogP) is 1.80. The van der Waals surface area contributed by atoms with E-state index in [1.54, 1.807) is 30.1 Å². The second-order valence-electron chi connectivity index (χ2n) is 3.88. The van der Waals surface area contributed by atoms with Gasteiger partial charge in [-0.15, -0.1) is 0 Å². The van der Waals surface area contributed by atoms with Gasteiger partial charge in [0.1, 0.15) is 0 Å². The molecule has 0 aromatic heterocycles. The summed E-state index contributed by atoms with van der Waals surface area (Å²) in [6.07, 6.45) is 1.03. The van der Waals surface area contributed by atoms with Gasteiger partial charge in [0.25, 0.3) is 0 Å². The Hall–Kier alpha value is -1.84. The van der Waals surface area contributed by atoms with Gasteiger partial charge < -0.3 is 10.0 Å². The first-order valence-electron chi connectivity index (χ1n) is 5.61. The maximum Gasteiger partial charge on any atom is 0.335 e. The van der Waals surface area contributed by atoms with E-state index in [4.69, 9.17) is 5.11 Å². The highest BCUT2D eigenvalue weighted by Gasteiger charge is 2.11. The Bertz CT molecular complexity index is 415. The minimum absolute atomic E-state index is 0.0674. The highest BCUT2D eigenvalue weighted by atomic mass is 16.4. The van der Waals surface area contributed by atoms with Crippen LogP contribution in [0.1, 0.15) is 29.3 Å². The van der Waals surface area contributed by atoms with Crippen molar-refractivity contribution in [2.75, 3.05) is 13.6 Å². The van der Waals surface area contributed by atoms with Crippen LogP contribution in [-0.4, -0.2) is 35.5 Å². The van der Waals surface area contributed by atoms with E-state index < -0.39 is 5.97 Å². The van der Waals surface area contributed by atoms with Crippen LogP contribution in [0.3, 0.4) is 0 Å². The Balaban J connectivity index is 2.69. The minimum atomic E-state index is -0.926. The van der Waals surface area contributed by atoms with Crippen LogP contribution in [0.25, 0.3) is 0 Å². The quantitative estimate of drug-likeness (QED) is 0.846. The number of hydrogen-bond donors (Lipinski definition) is 1. The molecule has 1 N–H and O–H groups in total. The third-order valence-electron chi connectivity index (χ3n) is 2.69. The smallest absolute Gasteiger partial charge is 0.335 e. The number of aromatic carboxylic acids is 1. The first kappa shape index (κ1) is 13.2. The van der Waals surface area contributed by atoms with Crippen LogP contribution in [-0.2, 0) is 11.2 Å². The van der Waals surface area contributed by atoms with Crippen LogP contribution in [0.15, 0.2) is 24.3 Å². The van der Waals surface area contributed by atoms with Gasteiger partial charge in [0.05, 0.1) is 5.56 Å². The highest BCUT2D eigenvalue weighted by molar-refractivity contribution is 5.89. The number of likely N-dealkylation sites (N-methyl/N-ethyl adjacent to an activating group) is 1. The molecule has 0 heterocycles. The van der Waals surface area contributed by atoms with Gasteiger partial charge >= 0.3 is 5.97 Å². The minimum Gasteiger partial charge on any atom is -0.478 e. The molecule has 0 aliphatic heterocycles. The van der Waals surface area contributed by atoms with E-state index in [0.29, 0.717) is 24.9 Å². The molecule has 1 aromatic rings. The molecule has 0 atom stereocenters. The maximum absolute atomic E-state index is 11.4. The molecule has 1 aromatic carbocycles. The molecule has 4 nitrogen and oxygen atoms in total. The molecule has 0 bridgehead atoms. The summed E-state index contributed by atoms with van der Waals surface area (Å²) in [5.41, 5.74) is 1.07. The lowest BCUT2D eigenvalue weighted by Gasteiger charge is -2.16. The normalized spacial score (nSPS) is 10.0. The van der Waals surface area contributed by atoms with Crippen molar-refractivity contribution in [1.29, 1.82) is 0 Å². The van der Waals surface area contributed by atoms with Crippen molar-refractivity contribution in [1.82, 2.24) is 4.90 Å². The molecule has 4 heteroatoms. The summed E-state index contributed by atoms with van der Waals surface area (Å²) in [6, 6.07) is 6.88. The van der Waals surface area contributed by atoms with Gasteiger partial charge in [-0.1, -0.05) is 25.1 Å². The summed E-state index contributed by atoms with van der Waals surface area (Å²) in [6.45, 7) is 2.35. The summed E-state index contributed by atoms with van der Waals surface area (Å²) in [5.74, 6) is -0.858. The number of carbonyl (C=O) groups excluding carboxylic acids is 1. The number of benzene rings is 1. The molecule has 0 aliphatic rings. The van der Waals surface area contributed by atoms with Gasteiger partial charge in [-0.2, -0.15) is 0 Å². The van der Waals surface area contributed by atoms with E-state index in [9.17, 15) is 9.59 Å². The van der Waals surface area contributed by atoms with E-state index in [0.717, 1.165) is 5.56 Å². The zero-order valence-corrected chi connectivity index (χ0v) is 10.1. The van der Waals surface area contributed by atoms with Crippen molar-refractivity contribution >= 4 is 11.9 Å². The lowest BCUT2D eigenvalue weighted by Crippen LogP contribution is -2.28. The third kappa shape index (κ3) is 3.59. The largest absolute Gasteiger partial charge is 0.478 e. The van der Waals surface area contributed by atoms with E-state index in [2.05, 4.69) is 0 Å². The fourth-order valence-corrected chi connectivity index (χ4v) is 1.63. The highest BCUT2D eigenvalue weighted by Crippen LogP contribution is 2.10. The zero-order chi connectivity index (χ0) is 12.8. The Morgan fingerprint density at radius 1 is 1.29 bits per heavy atom. The fraction of sp³-hybridized carbons (Fsp3) is 0.385. The Morgan fingerprint density at radius 3 is 2.53 bits per heavy atom. The summed E-state index contributed by atoms with van der Waals surface area (Å²) in [4.78, 5) is 24.0. The topological polar surface area (TPSA) is 57.6 Å². The number of rotatable bonds is 5. The first-order chi connectivity index (χ1) is 8.06. The van der Waals surface area contributed by atoms with Crippen molar-refractivity contribution < 1.29 is 14.7 Å². The number of carboxylic acid groups (broad SMARTS) is 1. The molecule has 0 radical (unpaired) electrons. The van der Waals surface area contributed by atoms with Gasteiger partial charge in [0.15, 0.2) is 0 Å². The number of carboxylic acids is 1. The Kier molecular flexibility index (Phi) is 4.69. The van der Waals surface area contributed by atoms with Crippen molar-refractivity contribution in [3.63, 3.8) is 0 Å². The average Bonchev–Trinajstić information content (AvgIpc) is 2.35. The van der Waals surface area contributed by atoms with Gasteiger partial charge in [0.2, 0.25) is 5.91 Å². The van der Waals surface area contributed by atoms with E-state index >= 15 is 0 Å². The predicted molar refractivity (Wildman–Crippen MR) is 65.0 cm³/mol. The van der Waals surface area contributed by atoms with Gasteiger partial charge in [-0.3, -0.25) is 4.79 Å². The lowest BCUT2D eigenvalue weighted by atomic mass is 10.0. The molecular formula is C13H17NO3. The molecule has 0 fully saturated rings. The number of amides is 1. The zero-order valence-electron chi connectivity index (χ0n) is 10.1. The van der Waals surface area contributed by atoms with Gasteiger partial charge in [0, 0.05) is 20.0 Å². The molecule has 0 aliphatic carbocycles. The molecule has 1 rings (SSSR count). The Labute approximate surface area is 101 Å². The summed E-state index contributed by atoms with van der Waals surface area (Å²) < 4.78 is 0. The molecule has 92 valence electrons. The molecule has 17 heavy (non-hydrogen) atoms. The Morgan fingerprint density at radius 2 is 1.94 bits per heavy atom. The SMILES string of the molecule is CCC(=O)N(C)CCc1ccccc1C(=O)O. The number of nitrogens with zero attached hydrogens (tertiary/aromatic N) is 1. The lowest BCUT2D eigenvalue weighted by molar-refractivity contribution is -0.129. The van der Waals surface area contributed by atoms with Crippen molar-refractivity contribution in [2.45, 2.75) is 19.8 Å². The number of hydrogen-bond acceptors (Lipinski definition) is 2. The van der Waals surface area contributed by atoms with Crippen LogP contribution >= 0.6 is 0 Å². The van der Waals surface area contributed by atoms with Gasteiger partial charge in [-0.25, -0.2) is 4.79 Å². The van der Waals surface area contributed by atoms with Crippen LogP contribution in [0, 0.1) is 0 Å². The standard InChI is InChI=1S/C13H17NO3/c1-3-12(15)14(2)9-8-10-6-4-5-7-11(10)13(16)17/h4-7H,3,8-9H2,1-2H3,(H,16,17). The van der Waals surface area contributed by atoms with Crippen molar-refractivity contribution in [3.05, 3.63) is 35.4 Å². The van der Waals surface area contributed by atoms with E-state index in [-0.39, 0.29) is 5.91 Å². The molecule has 0 saturated carbocycles. The van der Waals surface area contributed by atoms with Crippen molar-refractivity contribution in [3.8, 4) is 0 Å². The van der Waals surface area contributed by atoms with Crippen LogP contribution in [0.2, 0.25) is 0 Å². The van der Waals surface area contributed by atoms with Crippen LogP contribution in [0.4, 0.5) is 0 Å². The molecule has 0 unspecified atom stereocenters. The third-order valence-corrected chi connectivity index (χ3v) is 2.69. The molecule has 1 amide bonds. The summed E-state index contributed by atoms with van der Waals surface area (Å²) in [7, 11) is 1.73. The summed E-state index contributed by atoms with van der Waals surface area (Å²) in [5, 5.41) is 9.01. The molecular weight excluding hydrogens is 218 g/mol. The fourth-order valence-electron chi connectivity index (χ4n) is 1.63. The molecule has 0 spiro atoms. The maximum atomic E-state index is 11.4. The van der Waals surface area contributed by atoms with E-state index in [1.165, 1.54) is 0 Å². The summed E-state index contributed by atoms with van der Waals surface area (Å²) >= 11 is 0. The van der Waals surface area contributed by atoms with Crippen LogP contribution in [0.5, 0.6) is 0 Å². The number of carbonyl (C=O) groups is 2.